The minimum absolute atomic E-state index is 0.266. The number of amides is 1. The van der Waals surface area contributed by atoms with Gasteiger partial charge < -0.3 is 9.64 Å². The second kappa shape index (κ2) is 9.26. The highest BCUT2D eigenvalue weighted by Crippen LogP contribution is 2.29. The van der Waals surface area contributed by atoms with Gasteiger partial charge in [-0.25, -0.2) is 4.79 Å². The van der Waals surface area contributed by atoms with Crippen molar-refractivity contribution in [1.82, 2.24) is 19.2 Å². The second-order valence-corrected chi connectivity index (χ2v) is 7.87. The lowest BCUT2D eigenvalue weighted by Gasteiger charge is -2.26. The molecule has 34 heavy (non-hydrogen) atoms. The Morgan fingerprint density at radius 1 is 1.00 bits per heavy atom. The van der Waals surface area contributed by atoms with Crippen molar-refractivity contribution in [3.8, 4) is 5.69 Å². The second-order valence-electron chi connectivity index (χ2n) is 7.87. The Hall–Kier alpha value is -3.73. The number of carbonyl (C=O) groups is 1. The SMILES string of the molecule is Cc1ccc(-n2nc(C(=O)N3CCOCC3)c(=O)n(Cc3ccc(C(F)(F)F)cc3)c2=O)cc1. The van der Waals surface area contributed by atoms with E-state index in [1.165, 1.54) is 17.0 Å². The number of rotatable bonds is 4. The summed E-state index contributed by atoms with van der Waals surface area (Å²) in [6, 6.07) is 10.9. The van der Waals surface area contributed by atoms with E-state index in [1.807, 2.05) is 6.92 Å². The Morgan fingerprint density at radius 3 is 2.21 bits per heavy atom. The molecule has 0 bridgehead atoms. The third-order valence-corrected chi connectivity index (χ3v) is 5.46. The number of aromatic nitrogens is 3. The van der Waals surface area contributed by atoms with Gasteiger partial charge in [0.25, 0.3) is 11.5 Å². The summed E-state index contributed by atoms with van der Waals surface area (Å²) in [6.45, 7) is 2.68. The van der Waals surface area contributed by atoms with E-state index in [2.05, 4.69) is 5.10 Å². The van der Waals surface area contributed by atoms with Gasteiger partial charge in [0.15, 0.2) is 0 Å². The summed E-state index contributed by atoms with van der Waals surface area (Å²) in [5.41, 5.74) is -1.46. The van der Waals surface area contributed by atoms with Gasteiger partial charge in [0.1, 0.15) is 0 Å². The van der Waals surface area contributed by atoms with Crippen LogP contribution in [0.4, 0.5) is 13.2 Å². The Labute approximate surface area is 191 Å². The molecule has 1 aromatic heterocycles. The van der Waals surface area contributed by atoms with Crippen molar-refractivity contribution in [1.29, 1.82) is 0 Å². The van der Waals surface area contributed by atoms with Gasteiger partial charge in [-0.15, -0.1) is 0 Å². The first-order chi connectivity index (χ1) is 16.1. The highest BCUT2D eigenvalue weighted by molar-refractivity contribution is 5.91. The molecule has 0 unspecified atom stereocenters. The largest absolute Gasteiger partial charge is 0.416 e. The molecule has 1 amide bonds. The van der Waals surface area contributed by atoms with Crippen molar-refractivity contribution >= 4 is 5.91 Å². The number of nitrogens with zero attached hydrogens (tertiary/aromatic N) is 4. The Kier molecular flexibility index (Phi) is 6.38. The molecular formula is C23H21F3N4O4. The third kappa shape index (κ3) is 4.79. The van der Waals surface area contributed by atoms with Crippen LogP contribution in [0.3, 0.4) is 0 Å². The predicted molar refractivity (Wildman–Crippen MR) is 116 cm³/mol. The molecule has 0 N–H and O–H groups in total. The number of hydrogen-bond acceptors (Lipinski definition) is 5. The molecule has 11 heteroatoms. The van der Waals surface area contributed by atoms with Crippen molar-refractivity contribution in [2.75, 3.05) is 26.3 Å². The maximum absolute atomic E-state index is 13.2. The number of hydrogen-bond donors (Lipinski definition) is 0. The molecule has 1 aliphatic heterocycles. The maximum atomic E-state index is 13.2. The van der Waals surface area contributed by atoms with E-state index in [0.29, 0.717) is 24.5 Å². The number of halogens is 3. The molecule has 4 rings (SSSR count). The van der Waals surface area contributed by atoms with E-state index in [1.54, 1.807) is 24.3 Å². The van der Waals surface area contributed by atoms with E-state index in [0.717, 1.165) is 26.9 Å². The lowest BCUT2D eigenvalue weighted by Crippen LogP contribution is -2.48. The first-order valence-corrected chi connectivity index (χ1v) is 10.5. The van der Waals surface area contributed by atoms with E-state index < -0.39 is 34.6 Å². The maximum Gasteiger partial charge on any atom is 0.416 e. The predicted octanol–water partition coefficient (Wildman–Crippen LogP) is 2.24. The smallest absolute Gasteiger partial charge is 0.378 e. The van der Waals surface area contributed by atoms with Gasteiger partial charge in [-0.1, -0.05) is 29.8 Å². The van der Waals surface area contributed by atoms with Gasteiger partial charge in [-0.05, 0) is 36.8 Å². The third-order valence-electron chi connectivity index (χ3n) is 5.46. The first-order valence-electron chi connectivity index (χ1n) is 10.5. The molecule has 1 aliphatic rings. The van der Waals surface area contributed by atoms with Crippen LogP contribution in [0.2, 0.25) is 0 Å². The molecule has 0 aliphatic carbocycles. The van der Waals surface area contributed by atoms with E-state index >= 15 is 0 Å². The van der Waals surface area contributed by atoms with Crippen LogP contribution in [0.25, 0.3) is 5.69 Å². The molecule has 3 aromatic rings. The van der Waals surface area contributed by atoms with Crippen molar-refractivity contribution < 1.29 is 22.7 Å². The fourth-order valence-electron chi connectivity index (χ4n) is 3.54. The lowest BCUT2D eigenvalue weighted by atomic mass is 10.1. The van der Waals surface area contributed by atoms with E-state index in [-0.39, 0.29) is 19.6 Å². The van der Waals surface area contributed by atoms with Gasteiger partial charge in [-0.3, -0.25) is 14.2 Å². The quantitative estimate of drug-likeness (QED) is 0.579. The molecule has 0 radical (unpaired) electrons. The Balaban J connectivity index is 1.81. The zero-order valence-electron chi connectivity index (χ0n) is 18.2. The summed E-state index contributed by atoms with van der Waals surface area (Å²) < 4.78 is 45.7. The van der Waals surface area contributed by atoms with Gasteiger partial charge in [0.2, 0.25) is 5.69 Å². The van der Waals surface area contributed by atoms with Crippen molar-refractivity contribution in [3.63, 3.8) is 0 Å². The lowest BCUT2D eigenvalue weighted by molar-refractivity contribution is -0.137. The van der Waals surface area contributed by atoms with Crippen LogP contribution in [0.5, 0.6) is 0 Å². The minimum Gasteiger partial charge on any atom is -0.378 e. The van der Waals surface area contributed by atoms with Crippen LogP contribution in [-0.2, 0) is 17.5 Å². The highest BCUT2D eigenvalue weighted by atomic mass is 19.4. The van der Waals surface area contributed by atoms with Gasteiger partial charge in [-0.2, -0.15) is 23.0 Å². The zero-order valence-corrected chi connectivity index (χ0v) is 18.2. The average molecular weight is 474 g/mol. The monoisotopic (exact) mass is 474 g/mol. The van der Waals surface area contributed by atoms with Gasteiger partial charge in [0, 0.05) is 13.1 Å². The Bertz CT molecular complexity index is 1310. The topological polar surface area (TPSA) is 86.4 Å². The van der Waals surface area contributed by atoms with Crippen LogP contribution in [0.1, 0.15) is 27.2 Å². The number of morpholine rings is 1. The molecule has 2 aromatic carbocycles. The van der Waals surface area contributed by atoms with Crippen LogP contribution in [0.15, 0.2) is 58.1 Å². The number of alkyl halides is 3. The van der Waals surface area contributed by atoms with Crippen LogP contribution >= 0.6 is 0 Å². The van der Waals surface area contributed by atoms with E-state index in [9.17, 15) is 27.6 Å². The van der Waals surface area contributed by atoms with Crippen LogP contribution in [0, 0.1) is 6.92 Å². The molecule has 0 saturated carbocycles. The fourth-order valence-corrected chi connectivity index (χ4v) is 3.54. The molecule has 178 valence electrons. The number of ether oxygens (including phenoxy) is 1. The van der Waals surface area contributed by atoms with Gasteiger partial charge in [0.05, 0.1) is 31.0 Å². The van der Waals surface area contributed by atoms with Gasteiger partial charge >= 0.3 is 11.9 Å². The van der Waals surface area contributed by atoms with Crippen molar-refractivity contribution in [3.05, 3.63) is 91.8 Å². The summed E-state index contributed by atoms with van der Waals surface area (Å²) in [5.74, 6) is -0.643. The summed E-state index contributed by atoms with van der Waals surface area (Å²) >= 11 is 0. The summed E-state index contributed by atoms with van der Waals surface area (Å²) in [6.07, 6.45) is -4.51. The molecule has 1 fully saturated rings. The summed E-state index contributed by atoms with van der Waals surface area (Å²) in [4.78, 5) is 40.9. The molecule has 2 heterocycles. The summed E-state index contributed by atoms with van der Waals surface area (Å²) in [7, 11) is 0. The number of benzene rings is 2. The minimum atomic E-state index is -4.51. The number of aryl methyl sites for hydroxylation is 1. The fraction of sp³-hybridized carbons (Fsp3) is 0.304. The van der Waals surface area contributed by atoms with E-state index in [4.69, 9.17) is 4.74 Å². The molecule has 8 nitrogen and oxygen atoms in total. The Morgan fingerprint density at radius 2 is 1.62 bits per heavy atom. The van der Waals surface area contributed by atoms with Crippen molar-refractivity contribution in [2.24, 2.45) is 0 Å². The summed E-state index contributed by atoms with van der Waals surface area (Å²) in [5, 5.41) is 4.09. The zero-order chi connectivity index (χ0) is 24.5. The first kappa shape index (κ1) is 23.4. The number of carbonyl (C=O) groups excluding carboxylic acids is 1. The standard InChI is InChI=1S/C23H21F3N4O4/c1-15-2-8-18(9-3-15)30-22(33)29(14-16-4-6-17(7-5-16)23(24,25)26)21(32)19(27-30)20(31)28-10-12-34-13-11-28/h2-9H,10-14H2,1H3. The molecule has 1 saturated heterocycles. The van der Waals surface area contributed by atoms with Crippen LogP contribution in [-0.4, -0.2) is 51.5 Å². The molecular weight excluding hydrogens is 453 g/mol. The average Bonchev–Trinajstić information content (AvgIpc) is 2.82. The highest BCUT2D eigenvalue weighted by Gasteiger charge is 2.30. The normalized spacial score (nSPS) is 14.3. The van der Waals surface area contributed by atoms with Crippen LogP contribution < -0.4 is 11.2 Å². The molecule has 0 spiro atoms. The van der Waals surface area contributed by atoms with Crippen molar-refractivity contribution in [2.45, 2.75) is 19.6 Å². The molecule has 0 atom stereocenters.